The first-order chi connectivity index (χ1) is 16.6. The molecule has 0 spiro atoms. The van der Waals surface area contributed by atoms with E-state index in [1.807, 2.05) is 46.0 Å². The number of aromatic nitrogens is 6. The number of hydrogen-bond acceptors (Lipinski definition) is 6. The van der Waals surface area contributed by atoms with Crippen LogP contribution < -0.4 is 4.90 Å². The number of carbonyl (C=O) groups is 1. The second-order valence-electron chi connectivity index (χ2n) is 9.04. The van der Waals surface area contributed by atoms with Gasteiger partial charge in [-0.25, -0.2) is 14.5 Å². The molecule has 1 aliphatic heterocycles. The number of pyridine rings is 2. The van der Waals surface area contributed by atoms with Crippen molar-refractivity contribution >= 4 is 22.8 Å². The van der Waals surface area contributed by atoms with Crippen molar-refractivity contribution in [3.05, 3.63) is 49.1 Å². The molecule has 1 saturated carbocycles. The van der Waals surface area contributed by atoms with Crippen LogP contribution in [0.15, 0.2) is 49.1 Å². The highest BCUT2D eigenvalue weighted by Crippen LogP contribution is 2.31. The van der Waals surface area contributed by atoms with Gasteiger partial charge in [0.1, 0.15) is 5.82 Å². The Morgan fingerprint density at radius 2 is 1.91 bits per heavy atom. The summed E-state index contributed by atoms with van der Waals surface area (Å²) >= 11 is 0. The maximum Gasteiger partial charge on any atom is 0.407 e. The van der Waals surface area contributed by atoms with Crippen LogP contribution in [-0.2, 0) is 6.54 Å². The molecule has 1 amide bonds. The molecule has 6 rings (SSSR count). The van der Waals surface area contributed by atoms with E-state index in [1.165, 1.54) is 17.7 Å². The minimum Gasteiger partial charge on any atom is -0.465 e. The third kappa shape index (κ3) is 4.07. The highest BCUT2D eigenvalue weighted by molar-refractivity contribution is 5.83. The van der Waals surface area contributed by atoms with Crippen molar-refractivity contribution in [3.63, 3.8) is 0 Å². The van der Waals surface area contributed by atoms with Crippen molar-refractivity contribution in [2.24, 2.45) is 5.92 Å². The predicted octanol–water partition coefficient (Wildman–Crippen LogP) is 3.28. The van der Waals surface area contributed by atoms with Crippen molar-refractivity contribution < 1.29 is 9.90 Å². The van der Waals surface area contributed by atoms with E-state index >= 15 is 0 Å². The Morgan fingerprint density at radius 3 is 2.76 bits per heavy atom. The van der Waals surface area contributed by atoms with Gasteiger partial charge in [-0.3, -0.25) is 9.67 Å². The second kappa shape index (κ2) is 8.44. The van der Waals surface area contributed by atoms with Crippen LogP contribution in [-0.4, -0.2) is 71.8 Å². The zero-order valence-electron chi connectivity index (χ0n) is 18.8. The average Bonchev–Trinajstić information content (AvgIpc) is 3.46. The Labute approximate surface area is 196 Å². The van der Waals surface area contributed by atoms with Crippen LogP contribution in [0.2, 0.25) is 0 Å². The first-order valence-corrected chi connectivity index (χ1v) is 11.7. The fourth-order valence-corrected chi connectivity index (χ4v) is 4.47. The van der Waals surface area contributed by atoms with E-state index in [4.69, 9.17) is 4.98 Å². The molecule has 4 aromatic heterocycles. The molecule has 1 N–H and O–H groups in total. The Morgan fingerprint density at radius 1 is 1.03 bits per heavy atom. The molecule has 0 unspecified atom stereocenters. The van der Waals surface area contributed by atoms with E-state index in [1.54, 1.807) is 6.20 Å². The van der Waals surface area contributed by atoms with Crippen molar-refractivity contribution in [3.8, 4) is 17.1 Å². The van der Waals surface area contributed by atoms with Gasteiger partial charge in [0, 0.05) is 56.1 Å². The van der Waals surface area contributed by atoms with Gasteiger partial charge in [0.25, 0.3) is 0 Å². The van der Waals surface area contributed by atoms with E-state index in [0.717, 1.165) is 53.4 Å². The monoisotopic (exact) mass is 458 g/mol. The number of hydrogen-bond donors (Lipinski definition) is 1. The first kappa shape index (κ1) is 20.6. The van der Waals surface area contributed by atoms with Gasteiger partial charge in [0.05, 0.1) is 23.6 Å². The summed E-state index contributed by atoms with van der Waals surface area (Å²) < 4.78 is 3.84. The lowest BCUT2D eigenvalue weighted by atomic mass is 10.2. The molecular formula is C24H26N8O2. The van der Waals surface area contributed by atoms with Gasteiger partial charge in [0.2, 0.25) is 0 Å². The van der Waals surface area contributed by atoms with Crippen molar-refractivity contribution in [2.45, 2.75) is 25.8 Å². The smallest absolute Gasteiger partial charge is 0.407 e. The molecule has 0 bridgehead atoms. The number of anilines is 1. The van der Waals surface area contributed by atoms with Crippen LogP contribution in [0.25, 0.3) is 28.0 Å². The van der Waals surface area contributed by atoms with Crippen molar-refractivity contribution in [1.29, 1.82) is 0 Å². The number of carboxylic acid groups (broad SMARTS) is 1. The Hall–Kier alpha value is -3.95. The summed E-state index contributed by atoms with van der Waals surface area (Å²) in [5.74, 6) is 2.30. The summed E-state index contributed by atoms with van der Waals surface area (Å²) in [7, 11) is 0. The Bertz CT molecular complexity index is 1340. The SMILES string of the molecule is O=C(O)N1CCCN(c2cccc(-n3ncc4cnc(-c5cnn(CC6CC6)c5)cc43)n2)CC1. The van der Waals surface area contributed by atoms with Crippen LogP contribution in [0.4, 0.5) is 10.6 Å². The fourth-order valence-electron chi connectivity index (χ4n) is 4.47. The minimum absolute atomic E-state index is 0.468. The molecular weight excluding hydrogens is 432 g/mol. The van der Waals surface area contributed by atoms with E-state index in [0.29, 0.717) is 25.5 Å². The lowest BCUT2D eigenvalue weighted by Crippen LogP contribution is -2.34. The number of amides is 1. The van der Waals surface area contributed by atoms with Crippen LogP contribution in [0, 0.1) is 5.92 Å². The first-order valence-electron chi connectivity index (χ1n) is 11.7. The van der Waals surface area contributed by atoms with Gasteiger partial charge in [-0.05, 0) is 43.4 Å². The zero-order valence-corrected chi connectivity index (χ0v) is 18.8. The van der Waals surface area contributed by atoms with E-state index in [9.17, 15) is 9.90 Å². The molecule has 1 saturated heterocycles. The Kier molecular flexibility index (Phi) is 5.12. The summed E-state index contributed by atoms with van der Waals surface area (Å²) in [6.45, 7) is 3.36. The molecule has 34 heavy (non-hydrogen) atoms. The molecule has 2 aliphatic rings. The number of fused-ring (bicyclic) bond motifs is 1. The van der Waals surface area contributed by atoms with E-state index in [-0.39, 0.29) is 0 Å². The molecule has 0 radical (unpaired) electrons. The van der Waals surface area contributed by atoms with Gasteiger partial charge < -0.3 is 14.9 Å². The number of nitrogens with zero attached hydrogens (tertiary/aromatic N) is 8. The summed E-state index contributed by atoms with van der Waals surface area (Å²) in [6, 6.07) is 7.90. The van der Waals surface area contributed by atoms with Gasteiger partial charge in [-0.2, -0.15) is 10.2 Å². The normalized spacial score (nSPS) is 16.7. The molecule has 2 fully saturated rings. The minimum atomic E-state index is -0.867. The lowest BCUT2D eigenvalue weighted by Gasteiger charge is -2.22. The molecule has 0 aromatic carbocycles. The third-order valence-corrected chi connectivity index (χ3v) is 6.55. The lowest BCUT2D eigenvalue weighted by molar-refractivity contribution is 0.148. The molecule has 174 valence electrons. The Balaban J connectivity index is 1.29. The highest BCUT2D eigenvalue weighted by Gasteiger charge is 2.22. The molecule has 10 nitrogen and oxygen atoms in total. The third-order valence-electron chi connectivity index (χ3n) is 6.55. The molecule has 4 aromatic rings. The predicted molar refractivity (Wildman–Crippen MR) is 127 cm³/mol. The van der Waals surface area contributed by atoms with Crippen LogP contribution in [0.5, 0.6) is 0 Å². The fraction of sp³-hybridized carbons (Fsp3) is 0.375. The second-order valence-corrected chi connectivity index (χ2v) is 9.04. The zero-order chi connectivity index (χ0) is 23.1. The molecule has 1 aliphatic carbocycles. The molecule has 5 heterocycles. The van der Waals surface area contributed by atoms with Crippen molar-refractivity contribution in [1.82, 2.24) is 34.4 Å². The van der Waals surface area contributed by atoms with E-state index in [2.05, 4.69) is 26.3 Å². The topological polar surface area (TPSA) is 105 Å². The molecule has 10 heteroatoms. The van der Waals surface area contributed by atoms with E-state index < -0.39 is 6.09 Å². The van der Waals surface area contributed by atoms with Gasteiger partial charge in [-0.15, -0.1) is 0 Å². The summed E-state index contributed by atoms with van der Waals surface area (Å²) in [6.07, 6.45) is 10.1. The van der Waals surface area contributed by atoms with Crippen LogP contribution >= 0.6 is 0 Å². The largest absolute Gasteiger partial charge is 0.465 e. The summed E-state index contributed by atoms with van der Waals surface area (Å²) in [5, 5.41) is 19.3. The van der Waals surface area contributed by atoms with Crippen LogP contribution in [0.3, 0.4) is 0 Å². The highest BCUT2D eigenvalue weighted by atomic mass is 16.4. The van der Waals surface area contributed by atoms with Gasteiger partial charge in [-0.1, -0.05) is 6.07 Å². The van der Waals surface area contributed by atoms with Crippen LogP contribution in [0.1, 0.15) is 19.3 Å². The standard InChI is InChI=1S/C24H26N8O2/c33-24(34)30-8-2-7-29(9-10-30)22-3-1-4-23(28-22)32-21-11-20(25-12-18(21)13-27-32)19-14-26-31(16-19)15-17-5-6-17/h1,3-4,11-14,16-17H,2,5-10,15H2,(H,33,34). The maximum absolute atomic E-state index is 11.3. The average molecular weight is 459 g/mol. The molecule has 0 atom stereocenters. The van der Waals surface area contributed by atoms with Gasteiger partial charge >= 0.3 is 6.09 Å². The number of rotatable bonds is 5. The summed E-state index contributed by atoms with van der Waals surface area (Å²) in [4.78, 5) is 24.4. The van der Waals surface area contributed by atoms with Gasteiger partial charge in [0.15, 0.2) is 5.82 Å². The summed E-state index contributed by atoms with van der Waals surface area (Å²) in [5.41, 5.74) is 2.77. The van der Waals surface area contributed by atoms with Crippen molar-refractivity contribution in [2.75, 3.05) is 31.1 Å². The quantitative estimate of drug-likeness (QED) is 0.489. The maximum atomic E-state index is 11.3.